The number of benzene rings is 1. The third-order valence-corrected chi connectivity index (χ3v) is 4.57. The van der Waals surface area contributed by atoms with E-state index in [4.69, 9.17) is 16.3 Å². The summed E-state index contributed by atoms with van der Waals surface area (Å²) in [5, 5.41) is 12.0. The maximum absolute atomic E-state index is 9.19. The lowest BCUT2D eigenvalue weighted by Crippen LogP contribution is -2.05. The van der Waals surface area contributed by atoms with Crippen molar-refractivity contribution in [1.29, 1.82) is 0 Å². The molecule has 1 aromatic carbocycles. The Morgan fingerprint density at radius 1 is 1.37 bits per heavy atom. The first-order valence-corrected chi connectivity index (χ1v) is 7.62. The molecule has 1 unspecified atom stereocenters. The van der Waals surface area contributed by atoms with Crippen molar-refractivity contribution in [2.24, 2.45) is 0 Å². The first kappa shape index (κ1) is 13.1. The van der Waals surface area contributed by atoms with Crippen LogP contribution in [-0.2, 0) is 17.8 Å². The summed E-state index contributed by atoms with van der Waals surface area (Å²) in [5.41, 5.74) is 3.58. The van der Waals surface area contributed by atoms with E-state index in [-0.39, 0.29) is 12.7 Å². The van der Waals surface area contributed by atoms with Gasteiger partial charge in [0.1, 0.15) is 6.10 Å². The number of rotatable bonds is 2. The van der Waals surface area contributed by atoms with Crippen LogP contribution in [-0.4, -0.2) is 11.7 Å². The molecular weight excluding hydrogens is 280 g/mol. The van der Waals surface area contributed by atoms with E-state index in [1.807, 2.05) is 18.2 Å². The van der Waals surface area contributed by atoms with Crippen LogP contribution in [0, 0.1) is 0 Å². The molecule has 1 aliphatic heterocycles. The second kappa shape index (κ2) is 5.63. The maximum atomic E-state index is 9.19. The molecule has 0 aliphatic carbocycles. The molecule has 3 rings (SSSR count). The van der Waals surface area contributed by atoms with Crippen molar-refractivity contribution in [2.75, 3.05) is 6.61 Å². The molecule has 1 aliphatic rings. The zero-order valence-corrected chi connectivity index (χ0v) is 12.0. The number of halogens is 1. The topological polar surface area (TPSA) is 29.5 Å². The van der Waals surface area contributed by atoms with E-state index >= 15 is 0 Å². The summed E-state index contributed by atoms with van der Waals surface area (Å²) in [7, 11) is 0. The van der Waals surface area contributed by atoms with E-state index in [0.29, 0.717) is 0 Å². The summed E-state index contributed by atoms with van der Waals surface area (Å²) in [6.45, 7) is 0.834. The summed E-state index contributed by atoms with van der Waals surface area (Å²) < 4.78 is 5.99. The monoisotopic (exact) mass is 294 g/mol. The summed E-state index contributed by atoms with van der Waals surface area (Å²) in [6, 6.07) is 8.06. The zero-order valence-electron chi connectivity index (χ0n) is 10.4. The second-order valence-corrected chi connectivity index (χ2v) is 6.13. The standard InChI is InChI=1S/C15H15ClO2S/c16-12-4-3-10-2-1-5-18-15(14(10)7-12)11-6-13(8-17)19-9-11/h3-4,6-7,9,15,17H,1-2,5,8H2. The van der Waals surface area contributed by atoms with Gasteiger partial charge in [0.15, 0.2) is 0 Å². The minimum Gasteiger partial charge on any atom is -0.391 e. The average molecular weight is 295 g/mol. The summed E-state index contributed by atoms with van der Waals surface area (Å²) in [5.74, 6) is 0. The Morgan fingerprint density at radius 2 is 2.26 bits per heavy atom. The van der Waals surface area contributed by atoms with Gasteiger partial charge >= 0.3 is 0 Å². The highest BCUT2D eigenvalue weighted by Gasteiger charge is 2.22. The van der Waals surface area contributed by atoms with Crippen molar-refractivity contribution < 1.29 is 9.84 Å². The molecule has 0 fully saturated rings. The molecule has 19 heavy (non-hydrogen) atoms. The molecule has 2 nitrogen and oxygen atoms in total. The van der Waals surface area contributed by atoms with Crippen LogP contribution >= 0.6 is 22.9 Å². The molecule has 0 bridgehead atoms. The van der Waals surface area contributed by atoms with Crippen molar-refractivity contribution in [1.82, 2.24) is 0 Å². The van der Waals surface area contributed by atoms with Gasteiger partial charge in [-0.3, -0.25) is 0 Å². The fraction of sp³-hybridized carbons (Fsp3) is 0.333. The lowest BCUT2D eigenvalue weighted by Gasteiger charge is -2.17. The normalized spacial score (nSPS) is 18.9. The Balaban J connectivity index is 2.03. The number of aryl methyl sites for hydroxylation is 1. The average Bonchev–Trinajstić information content (AvgIpc) is 2.80. The summed E-state index contributed by atoms with van der Waals surface area (Å²) >= 11 is 7.69. The molecule has 1 atom stereocenters. The number of fused-ring (bicyclic) bond motifs is 1. The lowest BCUT2D eigenvalue weighted by atomic mass is 9.96. The van der Waals surface area contributed by atoms with Crippen LogP contribution in [0.5, 0.6) is 0 Å². The molecule has 0 saturated carbocycles. The van der Waals surface area contributed by atoms with Gasteiger partial charge in [0.2, 0.25) is 0 Å². The second-order valence-electron chi connectivity index (χ2n) is 4.70. The van der Waals surface area contributed by atoms with Crippen LogP contribution in [0.4, 0.5) is 0 Å². The first-order chi connectivity index (χ1) is 9.28. The minimum absolute atomic E-state index is 0.0623. The van der Waals surface area contributed by atoms with E-state index in [1.54, 1.807) is 11.3 Å². The Labute approximate surface area is 121 Å². The highest BCUT2D eigenvalue weighted by Crippen LogP contribution is 2.35. The van der Waals surface area contributed by atoms with Crippen LogP contribution in [0.15, 0.2) is 29.6 Å². The molecule has 1 N–H and O–H groups in total. The Bertz CT molecular complexity index is 579. The molecule has 100 valence electrons. The van der Waals surface area contributed by atoms with Gasteiger partial charge in [0.25, 0.3) is 0 Å². The molecular formula is C15H15ClO2S. The van der Waals surface area contributed by atoms with Crippen LogP contribution in [0.1, 0.15) is 34.1 Å². The smallest absolute Gasteiger partial charge is 0.109 e. The van der Waals surface area contributed by atoms with Gasteiger partial charge in [0.05, 0.1) is 6.61 Å². The predicted molar refractivity (Wildman–Crippen MR) is 77.8 cm³/mol. The van der Waals surface area contributed by atoms with Crippen molar-refractivity contribution in [3.8, 4) is 0 Å². The van der Waals surface area contributed by atoms with Crippen LogP contribution in [0.3, 0.4) is 0 Å². The van der Waals surface area contributed by atoms with Crippen LogP contribution in [0.2, 0.25) is 5.02 Å². The van der Waals surface area contributed by atoms with Gasteiger partial charge < -0.3 is 9.84 Å². The number of aliphatic hydroxyl groups is 1. The highest BCUT2D eigenvalue weighted by molar-refractivity contribution is 7.10. The molecule has 0 saturated heterocycles. The van der Waals surface area contributed by atoms with E-state index in [2.05, 4.69) is 11.4 Å². The Morgan fingerprint density at radius 3 is 3.05 bits per heavy atom. The van der Waals surface area contributed by atoms with Gasteiger partial charge in [-0.1, -0.05) is 17.7 Å². The first-order valence-electron chi connectivity index (χ1n) is 6.36. The molecule has 0 spiro atoms. The highest BCUT2D eigenvalue weighted by atomic mass is 35.5. The SMILES string of the molecule is OCc1cc(C2OCCCc3ccc(Cl)cc32)cs1. The van der Waals surface area contributed by atoms with E-state index in [0.717, 1.165) is 40.5 Å². The third-order valence-electron chi connectivity index (χ3n) is 3.40. The Kier molecular flexibility index (Phi) is 3.89. The van der Waals surface area contributed by atoms with Gasteiger partial charge in [-0.05, 0) is 53.1 Å². The van der Waals surface area contributed by atoms with E-state index in [9.17, 15) is 5.11 Å². The third kappa shape index (κ3) is 2.70. The number of hydrogen-bond donors (Lipinski definition) is 1. The van der Waals surface area contributed by atoms with Crippen LogP contribution in [0.25, 0.3) is 0 Å². The largest absolute Gasteiger partial charge is 0.391 e. The van der Waals surface area contributed by atoms with E-state index < -0.39 is 0 Å². The molecule has 1 aromatic heterocycles. The summed E-state index contributed by atoms with van der Waals surface area (Å²) in [6.07, 6.45) is 2.00. The fourth-order valence-corrected chi connectivity index (χ4v) is 3.42. The molecule has 4 heteroatoms. The lowest BCUT2D eigenvalue weighted by molar-refractivity contribution is 0.0844. The zero-order chi connectivity index (χ0) is 13.2. The van der Waals surface area contributed by atoms with E-state index in [1.165, 1.54) is 5.56 Å². The number of ether oxygens (including phenoxy) is 1. The van der Waals surface area contributed by atoms with Gasteiger partial charge in [-0.15, -0.1) is 11.3 Å². The molecule has 0 amide bonds. The minimum atomic E-state index is -0.0623. The Hall–Kier alpha value is -0.870. The van der Waals surface area contributed by atoms with Gasteiger partial charge in [-0.25, -0.2) is 0 Å². The maximum Gasteiger partial charge on any atom is 0.109 e. The quantitative estimate of drug-likeness (QED) is 0.909. The van der Waals surface area contributed by atoms with Crippen molar-refractivity contribution in [2.45, 2.75) is 25.6 Å². The van der Waals surface area contributed by atoms with Crippen molar-refractivity contribution in [3.05, 3.63) is 56.2 Å². The van der Waals surface area contributed by atoms with Crippen molar-refractivity contribution >= 4 is 22.9 Å². The number of aliphatic hydroxyl groups excluding tert-OH is 1. The molecule has 2 heterocycles. The fourth-order valence-electron chi connectivity index (χ4n) is 2.48. The van der Waals surface area contributed by atoms with Gasteiger partial charge in [-0.2, -0.15) is 0 Å². The number of thiophene rings is 1. The van der Waals surface area contributed by atoms with Crippen molar-refractivity contribution in [3.63, 3.8) is 0 Å². The predicted octanol–water partition coefficient (Wildman–Crippen LogP) is 3.95. The number of hydrogen-bond acceptors (Lipinski definition) is 3. The summed E-state index contributed by atoms with van der Waals surface area (Å²) in [4.78, 5) is 0.964. The molecule has 2 aromatic rings. The van der Waals surface area contributed by atoms with Gasteiger partial charge in [0, 0.05) is 16.5 Å². The van der Waals surface area contributed by atoms with Crippen LogP contribution < -0.4 is 0 Å². The molecule has 0 radical (unpaired) electrons.